The van der Waals surface area contributed by atoms with Crippen LogP contribution in [0.2, 0.25) is 0 Å². The first-order valence-corrected chi connectivity index (χ1v) is 8.05. The van der Waals surface area contributed by atoms with Gasteiger partial charge in [0, 0.05) is 30.5 Å². The van der Waals surface area contributed by atoms with Crippen molar-refractivity contribution in [1.82, 2.24) is 4.90 Å². The van der Waals surface area contributed by atoms with Gasteiger partial charge in [0.1, 0.15) is 0 Å². The Kier molecular flexibility index (Phi) is 4.09. The lowest BCUT2D eigenvalue weighted by Gasteiger charge is -2.36. The van der Waals surface area contributed by atoms with E-state index in [9.17, 15) is 9.59 Å². The Morgan fingerprint density at radius 3 is 2.29 bits per heavy atom. The maximum absolute atomic E-state index is 12.6. The SMILES string of the molecule is Cc1ccc(C(=O)C2CCCN(C(=O)C3CCC3)C2)cc1. The van der Waals surface area contributed by atoms with Gasteiger partial charge >= 0.3 is 0 Å². The third kappa shape index (κ3) is 3.02. The molecule has 21 heavy (non-hydrogen) atoms. The first-order valence-electron chi connectivity index (χ1n) is 8.05. The van der Waals surface area contributed by atoms with Crippen molar-refractivity contribution in [3.8, 4) is 0 Å². The highest BCUT2D eigenvalue weighted by atomic mass is 16.2. The van der Waals surface area contributed by atoms with E-state index in [2.05, 4.69) is 0 Å². The third-order valence-corrected chi connectivity index (χ3v) is 4.89. The number of nitrogens with zero attached hydrogens (tertiary/aromatic N) is 1. The van der Waals surface area contributed by atoms with Gasteiger partial charge in [-0.05, 0) is 32.6 Å². The van der Waals surface area contributed by atoms with E-state index >= 15 is 0 Å². The van der Waals surface area contributed by atoms with Gasteiger partial charge in [0.15, 0.2) is 5.78 Å². The van der Waals surface area contributed by atoms with Gasteiger partial charge in [-0.2, -0.15) is 0 Å². The van der Waals surface area contributed by atoms with Crippen LogP contribution in [-0.2, 0) is 4.79 Å². The molecule has 0 aromatic heterocycles. The van der Waals surface area contributed by atoms with E-state index in [1.807, 2.05) is 36.1 Å². The van der Waals surface area contributed by atoms with Gasteiger partial charge in [-0.15, -0.1) is 0 Å². The molecule has 1 aliphatic carbocycles. The predicted octanol–water partition coefficient (Wildman–Crippen LogP) is 3.22. The lowest BCUT2D eigenvalue weighted by molar-refractivity contribution is -0.139. The van der Waals surface area contributed by atoms with Crippen molar-refractivity contribution in [3.63, 3.8) is 0 Å². The van der Waals surface area contributed by atoms with Gasteiger partial charge in [0.2, 0.25) is 5.91 Å². The van der Waals surface area contributed by atoms with Crippen LogP contribution < -0.4 is 0 Å². The van der Waals surface area contributed by atoms with Gasteiger partial charge < -0.3 is 4.90 Å². The summed E-state index contributed by atoms with van der Waals surface area (Å²) in [6.07, 6.45) is 5.09. The molecule has 1 saturated carbocycles. The Morgan fingerprint density at radius 1 is 1.00 bits per heavy atom. The number of carbonyl (C=O) groups excluding carboxylic acids is 2. The summed E-state index contributed by atoms with van der Waals surface area (Å²) in [5.41, 5.74) is 1.94. The maximum Gasteiger partial charge on any atom is 0.225 e. The minimum atomic E-state index is -0.0227. The van der Waals surface area contributed by atoms with E-state index in [4.69, 9.17) is 0 Å². The van der Waals surface area contributed by atoms with E-state index in [1.165, 1.54) is 6.42 Å². The molecule has 3 rings (SSSR count). The van der Waals surface area contributed by atoms with Crippen LogP contribution in [-0.4, -0.2) is 29.7 Å². The molecule has 0 radical (unpaired) electrons. The molecule has 1 unspecified atom stereocenters. The average molecular weight is 285 g/mol. The zero-order valence-corrected chi connectivity index (χ0v) is 12.7. The number of piperidine rings is 1. The lowest BCUT2D eigenvalue weighted by Crippen LogP contribution is -2.46. The van der Waals surface area contributed by atoms with Crippen LogP contribution in [0.5, 0.6) is 0 Å². The molecule has 0 spiro atoms. The first kappa shape index (κ1) is 14.3. The van der Waals surface area contributed by atoms with Crippen molar-refractivity contribution in [3.05, 3.63) is 35.4 Å². The van der Waals surface area contributed by atoms with Crippen molar-refractivity contribution in [2.45, 2.75) is 39.0 Å². The summed E-state index contributed by atoms with van der Waals surface area (Å²) in [6.45, 7) is 3.46. The van der Waals surface area contributed by atoms with E-state index in [1.54, 1.807) is 0 Å². The number of carbonyl (C=O) groups is 2. The van der Waals surface area contributed by atoms with Gasteiger partial charge in [0.25, 0.3) is 0 Å². The molecule has 3 nitrogen and oxygen atoms in total. The van der Waals surface area contributed by atoms with Crippen LogP contribution in [0.4, 0.5) is 0 Å². The van der Waals surface area contributed by atoms with Crippen molar-refractivity contribution in [1.29, 1.82) is 0 Å². The molecule has 1 aromatic carbocycles. The summed E-state index contributed by atoms with van der Waals surface area (Å²) in [7, 11) is 0. The number of hydrogen-bond donors (Lipinski definition) is 0. The van der Waals surface area contributed by atoms with Crippen LogP contribution in [0.15, 0.2) is 24.3 Å². The van der Waals surface area contributed by atoms with Gasteiger partial charge in [-0.25, -0.2) is 0 Å². The first-order chi connectivity index (χ1) is 10.1. The molecule has 0 bridgehead atoms. The summed E-state index contributed by atoms with van der Waals surface area (Å²) >= 11 is 0. The molecule has 2 aliphatic rings. The van der Waals surface area contributed by atoms with Crippen LogP contribution in [0.25, 0.3) is 0 Å². The molecule has 1 amide bonds. The van der Waals surface area contributed by atoms with Crippen LogP contribution in [0.1, 0.15) is 48.0 Å². The van der Waals surface area contributed by atoms with Crippen LogP contribution >= 0.6 is 0 Å². The van der Waals surface area contributed by atoms with Gasteiger partial charge in [-0.1, -0.05) is 36.2 Å². The average Bonchev–Trinajstić information content (AvgIpc) is 2.45. The van der Waals surface area contributed by atoms with Gasteiger partial charge in [0.05, 0.1) is 0 Å². The number of benzene rings is 1. The second kappa shape index (κ2) is 6.00. The van der Waals surface area contributed by atoms with Crippen molar-refractivity contribution in [2.75, 3.05) is 13.1 Å². The molecular weight excluding hydrogens is 262 g/mol. The predicted molar refractivity (Wildman–Crippen MR) is 82.2 cm³/mol. The lowest BCUT2D eigenvalue weighted by atomic mass is 9.83. The van der Waals surface area contributed by atoms with Crippen molar-refractivity contribution < 1.29 is 9.59 Å². The number of amides is 1. The number of Topliss-reactive ketones (excluding diaryl/α,β-unsaturated/α-hetero) is 1. The van der Waals surface area contributed by atoms with Crippen LogP contribution in [0.3, 0.4) is 0 Å². The Labute approximate surface area is 126 Å². The number of rotatable bonds is 3. The Morgan fingerprint density at radius 2 is 1.67 bits per heavy atom. The van der Waals surface area contributed by atoms with E-state index in [-0.39, 0.29) is 23.5 Å². The smallest absolute Gasteiger partial charge is 0.225 e. The standard InChI is InChI=1S/C18H23NO2/c1-13-7-9-14(10-8-13)17(20)16-6-3-11-19(12-16)18(21)15-4-2-5-15/h7-10,15-16H,2-6,11-12H2,1H3. The molecule has 1 atom stereocenters. The fourth-order valence-electron chi connectivity index (χ4n) is 3.26. The molecule has 1 aromatic rings. The largest absolute Gasteiger partial charge is 0.342 e. The molecule has 2 fully saturated rings. The van der Waals surface area contributed by atoms with E-state index in [0.29, 0.717) is 6.54 Å². The topological polar surface area (TPSA) is 37.4 Å². The molecule has 1 aliphatic heterocycles. The second-order valence-electron chi connectivity index (χ2n) is 6.48. The minimum absolute atomic E-state index is 0.0227. The number of aryl methyl sites for hydroxylation is 1. The quantitative estimate of drug-likeness (QED) is 0.800. The minimum Gasteiger partial charge on any atom is -0.342 e. The summed E-state index contributed by atoms with van der Waals surface area (Å²) < 4.78 is 0. The number of likely N-dealkylation sites (tertiary alicyclic amines) is 1. The molecule has 3 heteroatoms. The fraction of sp³-hybridized carbons (Fsp3) is 0.556. The Bertz CT molecular complexity index is 531. The number of ketones is 1. The Balaban J connectivity index is 1.66. The summed E-state index contributed by atoms with van der Waals surface area (Å²) in [5, 5.41) is 0. The zero-order valence-electron chi connectivity index (χ0n) is 12.7. The van der Waals surface area contributed by atoms with E-state index in [0.717, 1.165) is 43.4 Å². The normalized spacial score (nSPS) is 22.7. The van der Waals surface area contributed by atoms with E-state index < -0.39 is 0 Å². The highest BCUT2D eigenvalue weighted by Crippen LogP contribution is 2.30. The molecule has 112 valence electrons. The molecular formula is C18H23NO2. The summed E-state index contributed by atoms with van der Waals surface area (Å²) in [4.78, 5) is 26.9. The highest BCUT2D eigenvalue weighted by Gasteiger charge is 2.34. The van der Waals surface area contributed by atoms with Crippen LogP contribution in [0, 0.1) is 18.8 Å². The fourth-order valence-corrected chi connectivity index (χ4v) is 3.26. The Hall–Kier alpha value is -1.64. The molecule has 0 N–H and O–H groups in total. The third-order valence-electron chi connectivity index (χ3n) is 4.89. The summed E-state index contributed by atoms with van der Waals surface area (Å²) in [5.74, 6) is 0.687. The number of hydrogen-bond acceptors (Lipinski definition) is 2. The molecule has 1 heterocycles. The van der Waals surface area contributed by atoms with Gasteiger partial charge in [-0.3, -0.25) is 9.59 Å². The second-order valence-corrected chi connectivity index (χ2v) is 6.48. The maximum atomic E-state index is 12.6. The monoisotopic (exact) mass is 285 g/mol. The molecule has 1 saturated heterocycles. The zero-order chi connectivity index (χ0) is 14.8. The van der Waals surface area contributed by atoms with Crippen molar-refractivity contribution in [2.24, 2.45) is 11.8 Å². The van der Waals surface area contributed by atoms with Crippen molar-refractivity contribution >= 4 is 11.7 Å². The highest BCUT2D eigenvalue weighted by molar-refractivity contribution is 5.98. The summed E-state index contributed by atoms with van der Waals surface area (Å²) in [6, 6.07) is 7.77.